The minimum atomic E-state index is -5.83. The number of nitrogen functional groups attached to an aromatic ring is 1. The van der Waals surface area contributed by atoms with E-state index in [1.807, 2.05) is 0 Å². The smallest absolute Gasteiger partial charge is 0.341 e. The first kappa shape index (κ1) is 48.9. The van der Waals surface area contributed by atoms with Gasteiger partial charge in [-0.05, 0) is 54.6 Å². The largest absolute Gasteiger partial charge is 0.505 e. The fourth-order valence-corrected chi connectivity index (χ4v) is 11.4. The van der Waals surface area contributed by atoms with E-state index in [1.54, 1.807) is 0 Å². The van der Waals surface area contributed by atoms with Gasteiger partial charge >= 0.3 is 5.97 Å². The summed E-state index contributed by atoms with van der Waals surface area (Å²) in [5.41, 5.74) is 3.39. The molecule has 0 spiro atoms. The number of azo groups is 2. The molecule has 25 nitrogen and oxygen atoms in total. The van der Waals surface area contributed by atoms with E-state index in [4.69, 9.17) is 10.5 Å². The highest BCUT2D eigenvalue weighted by Gasteiger charge is 2.55. The topological polar surface area (TPSA) is 418 Å². The Kier molecular flexibility index (Phi) is 13.6. The van der Waals surface area contributed by atoms with E-state index in [9.17, 15) is 81.0 Å². The number of rotatable bonds is 17. The first-order chi connectivity index (χ1) is 29.6. The van der Waals surface area contributed by atoms with Gasteiger partial charge < -0.3 is 30.9 Å². The van der Waals surface area contributed by atoms with Crippen molar-refractivity contribution in [3.05, 3.63) is 84.7 Å². The van der Waals surface area contributed by atoms with Gasteiger partial charge in [0.1, 0.15) is 49.6 Å². The van der Waals surface area contributed by atoms with Crippen LogP contribution in [-0.2, 0) is 56.6 Å². The Morgan fingerprint density at radius 2 is 1.33 bits per heavy atom. The third-order valence-electron chi connectivity index (χ3n) is 9.22. The second-order valence-corrected chi connectivity index (χ2v) is 22.3. The number of benzene rings is 4. The lowest BCUT2D eigenvalue weighted by molar-refractivity contribution is -0.692. The number of carboxylic acids is 1. The number of pyridine rings is 1. The zero-order valence-electron chi connectivity index (χ0n) is 32.2. The van der Waals surface area contributed by atoms with Crippen LogP contribution in [0.5, 0.6) is 11.5 Å². The van der Waals surface area contributed by atoms with Crippen LogP contribution in [0.2, 0.25) is 0 Å². The van der Waals surface area contributed by atoms with Crippen LogP contribution in [0.1, 0.15) is 10.4 Å². The molecule has 0 fully saturated rings. The van der Waals surface area contributed by atoms with E-state index < -0.39 is 111 Å². The molecule has 342 valence electrons. The summed E-state index contributed by atoms with van der Waals surface area (Å²) in [6, 6.07) is 10.4. The molecule has 9 N–H and O–H groups in total. The van der Waals surface area contributed by atoms with Crippen molar-refractivity contribution in [1.82, 2.24) is 0 Å². The number of methoxy groups -OCH3 is 1. The lowest BCUT2D eigenvalue weighted by Crippen LogP contribution is -2.52. The van der Waals surface area contributed by atoms with Crippen LogP contribution in [0.15, 0.2) is 119 Å². The van der Waals surface area contributed by atoms with Crippen molar-refractivity contribution >= 4 is 95.2 Å². The third kappa shape index (κ3) is 9.54. The monoisotopic (exact) mass is 989 g/mol. The Hall–Kier alpha value is -6.09. The summed E-state index contributed by atoms with van der Waals surface area (Å²) in [5, 5.41) is 54.2. The summed E-state index contributed by atoms with van der Waals surface area (Å²) in [7, 11) is -25.2. The van der Waals surface area contributed by atoms with E-state index in [2.05, 4.69) is 20.5 Å². The number of carbonyl (C=O) groups is 1. The molecule has 0 amide bonds. The van der Waals surface area contributed by atoms with Gasteiger partial charge in [0.05, 0.1) is 35.8 Å². The minimum Gasteiger partial charge on any atom is -0.505 e. The molecule has 0 aliphatic heterocycles. The number of anilines is 1. The quantitative estimate of drug-likeness (QED) is 0.0287. The second kappa shape index (κ2) is 17.8. The van der Waals surface area contributed by atoms with Gasteiger partial charge in [-0.1, -0.05) is 0 Å². The van der Waals surface area contributed by atoms with E-state index >= 15 is 0 Å². The fraction of sp³-hybridized carbons (Fsp3) is 0.176. The Morgan fingerprint density at radius 3 is 1.91 bits per heavy atom. The average Bonchev–Trinajstić information content (AvgIpc) is 3.21. The summed E-state index contributed by atoms with van der Waals surface area (Å²) in [6.45, 7) is -3.96. The Labute approximate surface area is 362 Å². The van der Waals surface area contributed by atoms with Gasteiger partial charge in [0.25, 0.3) is 30.4 Å². The molecule has 64 heavy (non-hydrogen) atoms. The zero-order chi connectivity index (χ0) is 47.8. The zero-order valence-corrected chi connectivity index (χ0v) is 36.3. The van der Waals surface area contributed by atoms with E-state index in [1.165, 1.54) is 54.4 Å². The summed E-state index contributed by atoms with van der Waals surface area (Å²) < 4.78 is 159. The molecule has 0 aliphatic carbocycles. The number of nitrogens with two attached hydrogens (primary N) is 1. The number of aromatic hydroxyl groups is 1. The van der Waals surface area contributed by atoms with Gasteiger partial charge in [0, 0.05) is 22.9 Å². The molecular formula is C34H33N6O19S5+. The standard InChI is InChI=1S/C34H32N6O19S5/c1-59-27-13-20(60(46,47)12-11-40-10-2-3-19(16-40)33(44)45)4-8-25(27)36-38-30-23-15-29(63(53,54)55)31(32(43)22(23)6-7-24(30)35)39-37-26-9-5-21(14-28(26)62(50,51)52)61(48,49)34(17-41,18-42)64(56,57)58/h2-10,13-16,41-42H,11-12,17-18H2,1H3,(H6-,35,36,37,43,44,45,50,51,52,53,54,55,56,57,58)/p+1. The molecule has 4 aromatic carbocycles. The number of fused-ring (bicyclic) bond motifs is 1. The summed E-state index contributed by atoms with van der Waals surface area (Å²) in [6.07, 6.45) is 2.75. The molecule has 30 heteroatoms. The van der Waals surface area contributed by atoms with Gasteiger partial charge in [-0.25, -0.2) is 26.2 Å². The van der Waals surface area contributed by atoms with E-state index in [0.717, 1.165) is 12.1 Å². The molecule has 0 saturated carbocycles. The van der Waals surface area contributed by atoms with Gasteiger partial charge in [0.2, 0.25) is 13.9 Å². The Morgan fingerprint density at radius 1 is 0.734 bits per heavy atom. The number of hydrogen-bond donors (Lipinski definition) is 8. The van der Waals surface area contributed by atoms with Crippen molar-refractivity contribution in [2.24, 2.45) is 20.5 Å². The van der Waals surface area contributed by atoms with Gasteiger partial charge in [-0.3, -0.25) is 13.7 Å². The van der Waals surface area contributed by atoms with Crippen LogP contribution in [0.4, 0.5) is 28.4 Å². The number of sulfone groups is 2. The number of hydrogen-bond acceptors (Lipinski definition) is 20. The number of nitrogens with zero attached hydrogens (tertiary/aromatic N) is 5. The molecule has 0 unspecified atom stereocenters. The highest BCUT2D eigenvalue weighted by atomic mass is 32.3. The molecule has 1 aromatic heterocycles. The van der Waals surface area contributed by atoms with Crippen LogP contribution in [0.25, 0.3) is 10.8 Å². The van der Waals surface area contributed by atoms with Crippen LogP contribution >= 0.6 is 0 Å². The first-order valence-corrected chi connectivity index (χ1v) is 24.7. The SMILES string of the molecule is COc1cc(S(=O)(=O)CC[n+]2cccc(C(=O)O)c2)ccc1N=Nc1c(N)ccc2c(O)c(N=Nc3ccc(S(=O)(=O)C(CO)(CO)S(=O)(=O)O)cc3S(=O)(=O)O)c(S(=O)(=O)O)cc12. The number of aromatic nitrogens is 1. The van der Waals surface area contributed by atoms with Crippen molar-refractivity contribution < 1.29 is 90.3 Å². The highest BCUT2D eigenvalue weighted by Crippen LogP contribution is 2.47. The van der Waals surface area contributed by atoms with Crippen LogP contribution < -0.4 is 15.0 Å². The number of carboxylic acid groups (broad SMARTS) is 1. The molecule has 1 heterocycles. The fourth-order valence-electron chi connectivity index (χ4n) is 5.79. The summed E-state index contributed by atoms with van der Waals surface area (Å²) in [4.78, 5) is 7.13. The van der Waals surface area contributed by atoms with Crippen molar-refractivity contribution in [1.29, 1.82) is 0 Å². The average molecular weight is 990 g/mol. The lowest BCUT2D eigenvalue weighted by Gasteiger charge is -2.26. The van der Waals surface area contributed by atoms with Crippen LogP contribution in [0.3, 0.4) is 0 Å². The predicted molar refractivity (Wildman–Crippen MR) is 219 cm³/mol. The van der Waals surface area contributed by atoms with Gasteiger partial charge in [-0.15, -0.1) is 20.5 Å². The van der Waals surface area contributed by atoms with Crippen molar-refractivity contribution in [2.75, 3.05) is 31.8 Å². The van der Waals surface area contributed by atoms with Gasteiger partial charge in [-0.2, -0.15) is 25.3 Å². The maximum Gasteiger partial charge on any atom is 0.341 e. The maximum atomic E-state index is 13.2. The molecule has 5 aromatic rings. The van der Waals surface area contributed by atoms with Crippen molar-refractivity contribution in [3.8, 4) is 11.5 Å². The maximum absolute atomic E-state index is 13.2. The first-order valence-electron chi connectivity index (χ1n) is 17.2. The number of aliphatic hydroxyl groups excluding tert-OH is 2. The summed E-state index contributed by atoms with van der Waals surface area (Å²) >= 11 is 0. The van der Waals surface area contributed by atoms with Gasteiger partial charge in [0.15, 0.2) is 34.5 Å². The number of aliphatic hydroxyl groups is 2. The number of aryl methyl sites for hydroxylation is 1. The van der Waals surface area contributed by atoms with Crippen molar-refractivity contribution in [2.45, 2.75) is 30.2 Å². The number of aromatic carboxylic acids is 1. The number of ether oxygens (including phenoxy) is 1. The molecule has 0 atom stereocenters. The normalized spacial score (nSPS) is 13.2. The summed E-state index contributed by atoms with van der Waals surface area (Å²) in [5.74, 6) is -2.85. The van der Waals surface area contributed by atoms with Crippen LogP contribution in [-0.4, -0.2) is 112 Å². The molecule has 0 radical (unpaired) electrons. The molecule has 5 rings (SSSR count). The van der Waals surface area contributed by atoms with E-state index in [-0.39, 0.29) is 56.7 Å². The molecule has 0 aliphatic rings. The Balaban J connectivity index is 1.57. The number of phenols is 1. The Bertz CT molecular complexity index is 3360. The van der Waals surface area contributed by atoms with E-state index in [0.29, 0.717) is 18.2 Å². The highest BCUT2D eigenvalue weighted by molar-refractivity contribution is 8.08. The predicted octanol–water partition coefficient (Wildman–Crippen LogP) is 2.26. The van der Waals surface area contributed by atoms with Crippen molar-refractivity contribution in [3.63, 3.8) is 0 Å². The lowest BCUT2D eigenvalue weighted by atomic mass is 10.1. The second-order valence-electron chi connectivity index (χ2n) is 13.1. The van der Waals surface area contributed by atoms with Crippen LogP contribution in [0, 0.1) is 0 Å². The molecule has 0 bridgehead atoms. The minimum absolute atomic E-state index is 0.0607. The number of phenolic OH excluding ortho intramolecular Hbond substituents is 1. The molecular weight excluding hydrogens is 957 g/mol. The third-order valence-corrected chi connectivity index (χ3v) is 17.3. The molecule has 0 saturated heterocycles.